The molecule has 0 amide bonds. The fourth-order valence-electron chi connectivity index (χ4n) is 1.46. The van der Waals surface area contributed by atoms with Gasteiger partial charge in [-0.2, -0.15) is 0 Å². The minimum atomic E-state index is 0.619. The molecule has 1 saturated carbocycles. The molecule has 1 heterocycles. The van der Waals surface area contributed by atoms with Gasteiger partial charge in [0.2, 0.25) is 0 Å². The van der Waals surface area contributed by atoms with Crippen molar-refractivity contribution in [3.05, 3.63) is 15.5 Å². The molecule has 0 bridgehead atoms. The third-order valence-corrected chi connectivity index (χ3v) is 3.72. The first-order chi connectivity index (χ1) is 7.74. The molecular formula is C11H17ClN2OS. The molecule has 16 heavy (non-hydrogen) atoms. The molecule has 1 aromatic rings. The number of ether oxygens (including phenoxy) is 1. The van der Waals surface area contributed by atoms with Crippen molar-refractivity contribution in [2.45, 2.75) is 19.4 Å². The maximum atomic E-state index is 5.78. The molecule has 1 aliphatic rings. The van der Waals surface area contributed by atoms with E-state index in [0.717, 1.165) is 32.2 Å². The van der Waals surface area contributed by atoms with Crippen LogP contribution in [0.15, 0.2) is 6.20 Å². The normalized spacial score (nSPS) is 15.9. The van der Waals surface area contributed by atoms with Crippen molar-refractivity contribution in [2.24, 2.45) is 5.92 Å². The predicted molar refractivity (Wildman–Crippen MR) is 67.0 cm³/mol. The zero-order valence-corrected chi connectivity index (χ0v) is 11.1. The van der Waals surface area contributed by atoms with Gasteiger partial charge in [-0.05, 0) is 25.8 Å². The first-order valence-electron chi connectivity index (χ1n) is 5.60. The smallest absolute Gasteiger partial charge is 0.183 e. The van der Waals surface area contributed by atoms with Gasteiger partial charge in [-0.15, -0.1) is 11.3 Å². The lowest BCUT2D eigenvalue weighted by molar-refractivity contribution is 0.102. The number of hydrogen-bond acceptors (Lipinski definition) is 4. The van der Waals surface area contributed by atoms with Crippen molar-refractivity contribution >= 4 is 22.9 Å². The minimum Gasteiger partial charge on any atom is -0.380 e. The van der Waals surface area contributed by atoms with Gasteiger partial charge in [0.1, 0.15) is 0 Å². The quantitative estimate of drug-likeness (QED) is 0.705. The lowest BCUT2D eigenvalue weighted by Crippen LogP contribution is -2.22. The Balaban J connectivity index is 1.57. The van der Waals surface area contributed by atoms with Gasteiger partial charge in [-0.3, -0.25) is 4.90 Å². The highest BCUT2D eigenvalue weighted by Crippen LogP contribution is 2.28. The van der Waals surface area contributed by atoms with E-state index in [-0.39, 0.29) is 0 Å². The standard InChI is InChI=1S/C11H17ClN2OS/c1-14(4-5-15-8-9-2-3-9)7-10-6-13-11(12)16-10/h6,9H,2-5,7-8H2,1H3. The van der Waals surface area contributed by atoms with Gasteiger partial charge in [0.15, 0.2) is 4.47 Å². The fraction of sp³-hybridized carbons (Fsp3) is 0.727. The number of halogens is 1. The Hall–Kier alpha value is -0.160. The summed E-state index contributed by atoms with van der Waals surface area (Å²) in [7, 11) is 2.09. The van der Waals surface area contributed by atoms with Crippen LogP contribution in [0.5, 0.6) is 0 Å². The first-order valence-corrected chi connectivity index (χ1v) is 6.80. The van der Waals surface area contributed by atoms with Crippen LogP contribution in [0, 0.1) is 5.92 Å². The molecule has 0 spiro atoms. The van der Waals surface area contributed by atoms with Gasteiger partial charge < -0.3 is 4.74 Å². The molecule has 0 unspecified atom stereocenters. The molecule has 0 aromatic carbocycles. The van der Waals surface area contributed by atoms with Crippen LogP contribution < -0.4 is 0 Å². The van der Waals surface area contributed by atoms with Crippen molar-refractivity contribution in [2.75, 3.05) is 26.8 Å². The molecular weight excluding hydrogens is 244 g/mol. The van der Waals surface area contributed by atoms with Crippen molar-refractivity contribution in [3.63, 3.8) is 0 Å². The third kappa shape index (κ3) is 4.37. The second-order valence-electron chi connectivity index (χ2n) is 4.34. The summed E-state index contributed by atoms with van der Waals surface area (Å²) in [4.78, 5) is 7.46. The van der Waals surface area contributed by atoms with E-state index in [2.05, 4.69) is 16.9 Å². The van der Waals surface area contributed by atoms with Crippen molar-refractivity contribution in [3.8, 4) is 0 Å². The van der Waals surface area contributed by atoms with Crippen LogP contribution in [0.4, 0.5) is 0 Å². The maximum absolute atomic E-state index is 5.78. The zero-order chi connectivity index (χ0) is 11.4. The van der Waals surface area contributed by atoms with E-state index < -0.39 is 0 Å². The van der Waals surface area contributed by atoms with E-state index in [9.17, 15) is 0 Å². The number of rotatable bonds is 7. The summed E-state index contributed by atoms with van der Waals surface area (Å²) in [6, 6.07) is 0. The Morgan fingerprint density at radius 2 is 2.44 bits per heavy atom. The summed E-state index contributed by atoms with van der Waals surface area (Å²) in [5, 5.41) is 0. The van der Waals surface area contributed by atoms with E-state index in [4.69, 9.17) is 16.3 Å². The number of likely N-dealkylation sites (N-methyl/N-ethyl adjacent to an activating group) is 1. The summed E-state index contributed by atoms with van der Waals surface area (Å²) in [6.45, 7) is 3.62. The molecule has 1 aromatic heterocycles. The van der Waals surface area contributed by atoms with Crippen LogP contribution in [0.3, 0.4) is 0 Å². The van der Waals surface area contributed by atoms with Crippen LogP contribution in [0.2, 0.25) is 4.47 Å². The number of aromatic nitrogens is 1. The summed E-state index contributed by atoms with van der Waals surface area (Å²) in [5.74, 6) is 0.852. The summed E-state index contributed by atoms with van der Waals surface area (Å²) >= 11 is 7.32. The number of hydrogen-bond donors (Lipinski definition) is 0. The van der Waals surface area contributed by atoms with Crippen LogP contribution >= 0.6 is 22.9 Å². The topological polar surface area (TPSA) is 25.4 Å². The molecule has 0 radical (unpaired) electrons. The monoisotopic (exact) mass is 260 g/mol. The Morgan fingerprint density at radius 3 is 3.06 bits per heavy atom. The summed E-state index contributed by atoms with van der Waals surface area (Å²) in [6.07, 6.45) is 4.55. The van der Waals surface area contributed by atoms with Gasteiger partial charge >= 0.3 is 0 Å². The van der Waals surface area contributed by atoms with Gasteiger partial charge in [0, 0.05) is 30.8 Å². The van der Waals surface area contributed by atoms with E-state index in [0.29, 0.717) is 4.47 Å². The van der Waals surface area contributed by atoms with E-state index in [1.165, 1.54) is 17.7 Å². The van der Waals surface area contributed by atoms with E-state index in [1.807, 2.05) is 6.20 Å². The first kappa shape index (κ1) is 12.3. The van der Waals surface area contributed by atoms with Crippen molar-refractivity contribution in [1.29, 1.82) is 0 Å². The molecule has 1 aliphatic carbocycles. The van der Waals surface area contributed by atoms with Gasteiger partial charge in [-0.1, -0.05) is 11.6 Å². The Morgan fingerprint density at radius 1 is 1.62 bits per heavy atom. The molecule has 1 fully saturated rings. The SMILES string of the molecule is CN(CCOCC1CC1)Cc1cnc(Cl)s1. The number of nitrogens with zero attached hydrogens (tertiary/aromatic N) is 2. The zero-order valence-electron chi connectivity index (χ0n) is 9.49. The summed E-state index contributed by atoms with van der Waals surface area (Å²) in [5.41, 5.74) is 0. The third-order valence-electron chi connectivity index (χ3n) is 2.62. The van der Waals surface area contributed by atoms with Crippen LogP contribution in [0.25, 0.3) is 0 Å². The second-order valence-corrected chi connectivity index (χ2v) is 6.03. The minimum absolute atomic E-state index is 0.619. The molecule has 0 saturated heterocycles. The fourth-order valence-corrected chi connectivity index (χ4v) is 2.51. The molecule has 0 N–H and O–H groups in total. The predicted octanol–water partition coefficient (Wildman–Crippen LogP) is 2.65. The average Bonchev–Trinajstić information content (AvgIpc) is 2.98. The van der Waals surface area contributed by atoms with Gasteiger partial charge in [-0.25, -0.2) is 4.98 Å². The van der Waals surface area contributed by atoms with Gasteiger partial charge in [0.05, 0.1) is 6.61 Å². The molecule has 90 valence electrons. The highest BCUT2D eigenvalue weighted by molar-refractivity contribution is 7.15. The Bertz CT molecular complexity index is 328. The van der Waals surface area contributed by atoms with E-state index >= 15 is 0 Å². The second kappa shape index (κ2) is 5.96. The highest BCUT2D eigenvalue weighted by Gasteiger charge is 2.20. The lowest BCUT2D eigenvalue weighted by atomic mass is 10.4. The Kier molecular flexibility index (Phi) is 4.58. The molecule has 3 nitrogen and oxygen atoms in total. The van der Waals surface area contributed by atoms with Crippen LogP contribution in [0.1, 0.15) is 17.7 Å². The average molecular weight is 261 g/mol. The van der Waals surface area contributed by atoms with Crippen LogP contribution in [-0.2, 0) is 11.3 Å². The summed E-state index contributed by atoms with van der Waals surface area (Å²) < 4.78 is 6.21. The van der Waals surface area contributed by atoms with Gasteiger partial charge in [0.25, 0.3) is 0 Å². The van der Waals surface area contributed by atoms with Crippen molar-refractivity contribution in [1.82, 2.24) is 9.88 Å². The molecule has 5 heteroatoms. The largest absolute Gasteiger partial charge is 0.380 e. The molecule has 0 aliphatic heterocycles. The van der Waals surface area contributed by atoms with Crippen LogP contribution in [-0.4, -0.2) is 36.7 Å². The molecule has 2 rings (SSSR count). The number of thiazole rings is 1. The highest BCUT2D eigenvalue weighted by atomic mass is 35.5. The lowest BCUT2D eigenvalue weighted by Gasteiger charge is -2.15. The van der Waals surface area contributed by atoms with E-state index in [1.54, 1.807) is 11.3 Å². The molecule has 0 atom stereocenters. The van der Waals surface area contributed by atoms with Crippen molar-refractivity contribution < 1.29 is 4.74 Å². The maximum Gasteiger partial charge on any atom is 0.183 e. The Labute approximate surface area is 105 Å².